The van der Waals surface area contributed by atoms with Gasteiger partial charge < -0.3 is 11.1 Å². The molecule has 0 fully saturated rings. The summed E-state index contributed by atoms with van der Waals surface area (Å²) in [6, 6.07) is 5.20. The van der Waals surface area contributed by atoms with Gasteiger partial charge in [0.15, 0.2) is 0 Å². The van der Waals surface area contributed by atoms with E-state index in [1.165, 1.54) is 0 Å². The van der Waals surface area contributed by atoms with Crippen molar-refractivity contribution in [2.75, 3.05) is 11.1 Å². The largest absolute Gasteiger partial charge is 0.368 e. The Bertz CT molecular complexity index is 589. The van der Waals surface area contributed by atoms with Crippen LogP contribution < -0.4 is 11.1 Å². The highest BCUT2D eigenvalue weighted by Gasteiger charge is 2.19. The molecule has 0 aliphatic carbocycles. The van der Waals surface area contributed by atoms with Crippen LogP contribution in [-0.2, 0) is 0 Å². The number of nitrogens with zero attached hydrogens (tertiary/aromatic N) is 4. The van der Waals surface area contributed by atoms with Crippen molar-refractivity contribution >= 4 is 17.5 Å². The molecule has 2 aromatic rings. The predicted molar refractivity (Wildman–Crippen MR) is 69.4 cm³/mol. The molecule has 8 heteroatoms. The Morgan fingerprint density at radius 3 is 2.84 bits per heavy atom. The van der Waals surface area contributed by atoms with E-state index in [-0.39, 0.29) is 23.5 Å². The molecule has 2 heterocycles. The van der Waals surface area contributed by atoms with E-state index in [0.717, 1.165) is 11.9 Å². The van der Waals surface area contributed by atoms with Crippen molar-refractivity contribution in [3.63, 3.8) is 0 Å². The maximum absolute atomic E-state index is 10.9. The van der Waals surface area contributed by atoms with E-state index >= 15 is 0 Å². The normalized spacial score (nSPS) is 11.8. The second kappa shape index (κ2) is 5.25. The summed E-state index contributed by atoms with van der Waals surface area (Å²) in [5.41, 5.74) is 5.96. The highest BCUT2D eigenvalue weighted by Crippen LogP contribution is 2.25. The first-order chi connectivity index (χ1) is 9.08. The average Bonchev–Trinajstić information content (AvgIpc) is 2.39. The molecule has 3 N–H and O–H groups in total. The Morgan fingerprint density at radius 1 is 1.42 bits per heavy atom. The van der Waals surface area contributed by atoms with Crippen molar-refractivity contribution < 1.29 is 4.92 Å². The number of hydrogen-bond donors (Lipinski definition) is 2. The zero-order valence-corrected chi connectivity index (χ0v) is 10.1. The molecule has 0 radical (unpaired) electrons. The number of rotatable bonds is 4. The molecule has 8 nitrogen and oxygen atoms in total. The van der Waals surface area contributed by atoms with Gasteiger partial charge in [-0.1, -0.05) is 6.07 Å². The molecule has 0 bridgehead atoms. The van der Waals surface area contributed by atoms with Crippen LogP contribution in [0.15, 0.2) is 30.6 Å². The molecule has 2 rings (SSSR count). The molecule has 2 aromatic heterocycles. The van der Waals surface area contributed by atoms with Gasteiger partial charge in [-0.3, -0.25) is 15.1 Å². The Labute approximate surface area is 108 Å². The van der Waals surface area contributed by atoms with E-state index in [9.17, 15) is 10.1 Å². The number of nitrogen functional groups attached to an aromatic ring is 1. The Morgan fingerprint density at radius 2 is 2.21 bits per heavy atom. The standard InChI is InChI=1S/C11H12N6O2/c1-7(8-4-2-3-5-13-8)15-10-9(17(18)19)6-14-11(12)16-10/h2-7H,1H3,(H3,12,14,15,16). The second-order valence-corrected chi connectivity index (χ2v) is 3.84. The Balaban J connectivity index is 2.28. The number of anilines is 2. The predicted octanol–water partition coefficient (Wildman–Crippen LogP) is 1.54. The van der Waals surface area contributed by atoms with Gasteiger partial charge >= 0.3 is 5.69 Å². The summed E-state index contributed by atoms with van der Waals surface area (Å²) >= 11 is 0. The smallest absolute Gasteiger partial charge is 0.329 e. The van der Waals surface area contributed by atoms with E-state index in [1.54, 1.807) is 12.3 Å². The van der Waals surface area contributed by atoms with Crippen LogP contribution in [0.3, 0.4) is 0 Å². The minimum absolute atomic E-state index is 0.0266. The number of pyridine rings is 1. The second-order valence-electron chi connectivity index (χ2n) is 3.84. The van der Waals surface area contributed by atoms with Crippen molar-refractivity contribution in [3.05, 3.63) is 46.4 Å². The van der Waals surface area contributed by atoms with Crippen LogP contribution in [0.1, 0.15) is 18.7 Å². The van der Waals surface area contributed by atoms with Crippen molar-refractivity contribution in [2.45, 2.75) is 13.0 Å². The summed E-state index contributed by atoms with van der Waals surface area (Å²) in [6.07, 6.45) is 2.73. The molecule has 19 heavy (non-hydrogen) atoms. The lowest BCUT2D eigenvalue weighted by Crippen LogP contribution is -2.12. The van der Waals surface area contributed by atoms with Gasteiger partial charge in [-0.15, -0.1) is 0 Å². The lowest BCUT2D eigenvalue weighted by Gasteiger charge is -2.13. The molecule has 98 valence electrons. The van der Waals surface area contributed by atoms with Gasteiger partial charge in [0, 0.05) is 6.20 Å². The lowest BCUT2D eigenvalue weighted by atomic mass is 10.2. The average molecular weight is 260 g/mol. The maximum Gasteiger partial charge on any atom is 0.329 e. The van der Waals surface area contributed by atoms with Crippen LogP contribution in [0.25, 0.3) is 0 Å². The van der Waals surface area contributed by atoms with Crippen LogP contribution in [0.4, 0.5) is 17.5 Å². The maximum atomic E-state index is 10.9. The fourth-order valence-electron chi connectivity index (χ4n) is 1.54. The van der Waals surface area contributed by atoms with Crippen LogP contribution >= 0.6 is 0 Å². The first-order valence-corrected chi connectivity index (χ1v) is 5.52. The van der Waals surface area contributed by atoms with Gasteiger partial charge in [-0.05, 0) is 19.1 Å². The van der Waals surface area contributed by atoms with Crippen LogP contribution in [0.2, 0.25) is 0 Å². The first-order valence-electron chi connectivity index (χ1n) is 5.52. The number of nitrogens with one attached hydrogen (secondary N) is 1. The van der Waals surface area contributed by atoms with Crippen molar-refractivity contribution in [2.24, 2.45) is 0 Å². The fraction of sp³-hybridized carbons (Fsp3) is 0.182. The van der Waals surface area contributed by atoms with Crippen molar-refractivity contribution in [3.8, 4) is 0 Å². The van der Waals surface area contributed by atoms with Crippen LogP contribution in [0, 0.1) is 10.1 Å². The monoisotopic (exact) mass is 260 g/mol. The number of nitrogens with two attached hydrogens (primary N) is 1. The lowest BCUT2D eigenvalue weighted by molar-refractivity contribution is -0.384. The quantitative estimate of drug-likeness (QED) is 0.631. The highest BCUT2D eigenvalue weighted by atomic mass is 16.6. The van der Waals surface area contributed by atoms with Gasteiger partial charge in [0.25, 0.3) is 0 Å². The fourth-order valence-corrected chi connectivity index (χ4v) is 1.54. The van der Waals surface area contributed by atoms with Crippen LogP contribution in [-0.4, -0.2) is 19.9 Å². The molecule has 0 aliphatic heterocycles. The summed E-state index contributed by atoms with van der Waals surface area (Å²) in [5.74, 6) is 0.0528. The van der Waals surface area contributed by atoms with Gasteiger partial charge in [0.2, 0.25) is 11.8 Å². The SMILES string of the molecule is CC(Nc1nc(N)ncc1[N+](=O)[O-])c1ccccn1. The summed E-state index contributed by atoms with van der Waals surface area (Å²) in [6.45, 7) is 1.82. The molecular formula is C11H12N6O2. The van der Waals surface area contributed by atoms with E-state index in [2.05, 4.69) is 20.3 Å². The first kappa shape index (κ1) is 12.7. The zero-order chi connectivity index (χ0) is 13.8. The minimum Gasteiger partial charge on any atom is -0.368 e. The third kappa shape index (κ3) is 2.92. The highest BCUT2D eigenvalue weighted by molar-refractivity contribution is 5.57. The van der Waals surface area contributed by atoms with Crippen molar-refractivity contribution in [1.82, 2.24) is 15.0 Å². The molecule has 0 spiro atoms. The molecular weight excluding hydrogens is 248 g/mol. The van der Waals surface area contributed by atoms with Gasteiger partial charge in [-0.25, -0.2) is 4.98 Å². The minimum atomic E-state index is -0.563. The van der Waals surface area contributed by atoms with Crippen LogP contribution in [0.5, 0.6) is 0 Å². The number of hydrogen-bond acceptors (Lipinski definition) is 7. The molecule has 1 unspecified atom stereocenters. The van der Waals surface area contributed by atoms with Gasteiger partial charge in [-0.2, -0.15) is 4.98 Å². The summed E-state index contributed by atoms with van der Waals surface area (Å²) in [5, 5.41) is 13.8. The van der Waals surface area contributed by atoms with Gasteiger partial charge in [0.05, 0.1) is 16.7 Å². The third-order valence-electron chi connectivity index (χ3n) is 2.47. The van der Waals surface area contributed by atoms with E-state index < -0.39 is 4.92 Å². The molecule has 1 atom stereocenters. The van der Waals surface area contributed by atoms with E-state index in [1.807, 2.05) is 19.1 Å². The Hall–Kier alpha value is -2.77. The Kier molecular flexibility index (Phi) is 3.51. The van der Waals surface area contributed by atoms with Crippen molar-refractivity contribution in [1.29, 1.82) is 0 Å². The van der Waals surface area contributed by atoms with Gasteiger partial charge in [0.1, 0.15) is 6.20 Å². The summed E-state index contributed by atoms with van der Waals surface area (Å²) in [7, 11) is 0. The zero-order valence-electron chi connectivity index (χ0n) is 10.1. The summed E-state index contributed by atoms with van der Waals surface area (Å²) in [4.78, 5) is 21.9. The molecule has 0 aliphatic rings. The van der Waals surface area contributed by atoms with E-state index in [4.69, 9.17) is 5.73 Å². The molecule has 0 saturated carbocycles. The third-order valence-corrected chi connectivity index (χ3v) is 2.47. The molecule has 0 aromatic carbocycles. The summed E-state index contributed by atoms with van der Waals surface area (Å²) < 4.78 is 0. The number of aromatic nitrogens is 3. The molecule has 0 saturated heterocycles. The topological polar surface area (TPSA) is 120 Å². The molecule has 0 amide bonds. The van der Waals surface area contributed by atoms with E-state index in [0.29, 0.717) is 0 Å². The number of nitro groups is 1.